The lowest BCUT2D eigenvalue weighted by Crippen LogP contribution is -2.36. The number of fused-ring (bicyclic) bond motifs is 1. The lowest BCUT2D eigenvalue weighted by molar-refractivity contribution is -0.150. The molecule has 0 saturated heterocycles. The second kappa shape index (κ2) is 7.87. The third-order valence-corrected chi connectivity index (χ3v) is 4.27. The second-order valence-corrected chi connectivity index (χ2v) is 6.40. The summed E-state index contributed by atoms with van der Waals surface area (Å²) < 4.78 is 7.15. The molecule has 1 atom stereocenters. The van der Waals surface area contributed by atoms with E-state index in [1.165, 1.54) is 6.08 Å². The summed E-state index contributed by atoms with van der Waals surface area (Å²) in [7, 11) is 0. The van der Waals surface area contributed by atoms with Gasteiger partial charge < -0.3 is 14.6 Å². The summed E-state index contributed by atoms with van der Waals surface area (Å²) in [6.07, 6.45) is 6.50. The van der Waals surface area contributed by atoms with Gasteiger partial charge in [0.15, 0.2) is 6.10 Å². The molecule has 134 valence electrons. The number of nitrogens with one attached hydrogen (secondary N) is 1. The molecule has 0 bridgehead atoms. The van der Waals surface area contributed by atoms with Crippen LogP contribution in [-0.4, -0.2) is 28.6 Å². The van der Waals surface area contributed by atoms with Crippen LogP contribution in [0.25, 0.3) is 17.0 Å². The molecule has 3 rings (SSSR count). The van der Waals surface area contributed by atoms with E-state index >= 15 is 0 Å². The minimum absolute atomic E-state index is 0.235. The average molecular weight is 351 g/mol. The minimum atomic E-state index is -0.815. The molecule has 0 radical (unpaired) electrons. The first-order valence-electron chi connectivity index (χ1n) is 8.72. The van der Waals surface area contributed by atoms with E-state index in [2.05, 4.69) is 11.4 Å². The van der Waals surface area contributed by atoms with Crippen LogP contribution in [0.1, 0.15) is 31.7 Å². The number of nitriles is 1. The van der Waals surface area contributed by atoms with Crippen molar-refractivity contribution in [3.8, 4) is 6.07 Å². The highest BCUT2D eigenvalue weighted by Crippen LogP contribution is 2.23. The number of aryl methyl sites for hydroxylation is 1. The zero-order valence-corrected chi connectivity index (χ0v) is 14.6. The highest BCUT2D eigenvalue weighted by molar-refractivity contribution is 5.95. The predicted octanol–water partition coefficient (Wildman–Crippen LogP) is 2.78. The van der Waals surface area contributed by atoms with E-state index in [-0.39, 0.29) is 11.9 Å². The molecular weight excluding hydrogens is 330 g/mol. The zero-order valence-electron chi connectivity index (χ0n) is 14.6. The number of hydrogen-bond donors (Lipinski definition) is 1. The topological polar surface area (TPSA) is 84.1 Å². The molecule has 0 spiro atoms. The van der Waals surface area contributed by atoms with Crippen molar-refractivity contribution in [1.29, 1.82) is 5.26 Å². The Bertz CT molecular complexity index is 887. The smallest absolute Gasteiger partial charge is 0.331 e. The predicted molar refractivity (Wildman–Crippen MR) is 97.9 cm³/mol. The molecule has 1 aliphatic rings. The minimum Gasteiger partial charge on any atom is -0.449 e. The molecule has 0 unspecified atom stereocenters. The van der Waals surface area contributed by atoms with Crippen molar-refractivity contribution in [1.82, 2.24) is 9.88 Å². The van der Waals surface area contributed by atoms with E-state index in [0.717, 1.165) is 29.3 Å². The van der Waals surface area contributed by atoms with Gasteiger partial charge in [0, 0.05) is 41.3 Å². The summed E-state index contributed by atoms with van der Waals surface area (Å²) in [6.45, 7) is 2.16. The lowest BCUT2D eigenvalue weighted by Gasteiger charge is -2.11. The molecule has 1 amide bonds. The fraction of sp³-hybridized carbons (Fsp3) is 0.350. The fourth-order valence-electron chi connectivity index (χ4n) is 2.73. The molecule has 6 nitrogen and oxygen atoms in total. The number of para-hydroxylation sites is 1. The van der Waals surface area contributed by atoms with Gasteiger partial charge in [-0.05, 0) is 31.9 Å². The summed E-state index contributed by atoms with van der Waals surface area (Å²) in [4.78, 5) is 23.8. The van der Waals surface area contributed by atoms with Crippen molar-refractivity contribution >= 4 is 28.9 Å². The number of esters is 1. The van der Waals surface area contributed by atoms with E-state index < -0.39 is 12.1 Å². The van der Waals surface area contributed by atoms with Gasteiger partial charge >= 0.3 is 5.97 Å². The van der Waals surface area contributed by atoms with Gasteiger partial charge in [-0.25, -0.2) is 4.79 Å². The van der Waals surface area contributed by atoms with Crippen LogP contribution in [0.2, 0.25) is 0 Å². The number of hydrogen-bond acceptors (Lipinski definition) is 4. The van der Waals surface area contributed by atoms with Crippen LogP contribution in [0.3, 0.4) is 0 Å². The summed E-state index contributed by atoms with van der Waals surface area (Å²) in [6, 6.07) is 10.2. The molecular formula is C20H21N3O3. The number of aromatic nitrogens is 1. The van der Waals surface area contributed by atoms with Gasteiger partial charge in [0.25, 0.3) is 5.91 Å². The van der Waals surface area contributed by atoms with Gasteiger partial charge in [-0.15, -0.1) is 0 Å². The molecule has 2 aromatic rings. The largest absolute Gasteiger partial charge is 0.449 e. The molecule has 1 aliphatic carbocycles. The normalized spacial score (nSPS) is 14.9. The number of rotatable bonds is 7. The molecule has 1 N–H and O–H groups in total. The maximum Gasteiger partial charge on any atom is 0.331 e. The zero-order chi connectivity index (χ0) is 18.5. The number of carbonyl (C=O) groups excluding carboxylic acids is 2. The van der Waals surface area contributed by atoms with Crippen LogP contribution >= 0.6 is 0 Å². The first kappa shape index (κ1) is 17.7. The number of benzene rings is 1. The monoisotopic (exact) mass is 351 g/mol. The molecule has 1 saturated carbocycles. The average Bonchev–Trinajstić information content (AvgIpc) is 3.38. The van der Waals surface area contributed by atoms with Gasteiger partial charge in [0.1, 0.15) is 0 Å². The summed E-state index contributed by atoms with van der Waals surface area (Å²) in [5.41, 5.74) is 1.87. The van der Waals surface area contributed by atoms with Gasteiger partial charge in [-0.3, -0.25) is 4.79 Å². The van der Waals surface area contributed by atoms with Crippen molar-refractivity contribution in [3.63, 3.8) is 0 Å². The van der Waals surface area contributed by atoms with Crippen LogP contribution < -0.4 is 5.32 Å². The summed E-state index contributed by atoms with van der Waals surface area (Å²) in [5, 5.41) is 12.6. The van der Waals surface area contributed by atoms with Gasteiger partial charge in [0.2, 0.25) is 0 Å². The Morgan fingerprint density at radius 3 is 2.92 bits per heavy atom. The van der Waals surface area contributed by atoms with Crippen LogP contribution in [-0.2, 0) is 20.9 Å². The number of ether oxygens (including phenoxy) is 1. The van der Waals surface area contributed by atoms with Crippen molar-refractivity contribution in [2.24, 2.45) is 0 Å². The van der Waals surface area contributed by atoms with E-state index in [9.17, 15) is 9.59 Å². The number of amides is 1. The van der Waals surface area contributed by atoms with Crippen molar-refractivity contribution in [3.05, 3.63) is 42.1 Å². The first-order chi connectivity index (χ1) is 12.6. The van der Waals surface area contributed by atoms with Crippen LogP contribution in [0, 0.1) is 11.3 Å². The third-order valence-electron chi connectivity index (χ3n) is 4.27. The quantitative estimate of drug-likeness (QED) is 0.614. The van der Waals surface area contributed by atoms with E-state index in [1.807, 2.05) is 35.0 Å². The highest BCUT2D eigenvalue weighted by atomic mass is 16.5. The molecule has 1 heterocycles. The summed E-state index contributed by atoms with van der Waals surface area (Å²) in [5.74, 6) is -0.820. The SMILES string of the molecule is C[C@H](OC(=O)/C=C/c1cn(CCC#N)c2ccccc12)C(=O)NC1CC1. The number of carbonyl (C=O) groups is 2. The van der Waals surface area contributed by atoms with Gasteiger partial charge in [0.05, 0.1) is 12.5 Å². The standard InChI is InChI=1S/C20H21N3O3/c1-14(20(25)22-16-8-9-16)26-19(24)10-7-15-13-23(12-4-11-21)18-6-3-2-5-17(15)18/h2-3,5-7,10,13-14,16H,4,8-9,12H2,1H3,(H,22,25)/b10-7+/t14-/m0/s1. The molecule has 1 aromatic carbocycles. The van der Waals surface area contributed by atoms with Crippen LogP contribution in [0.5, 0.6) is 0 Å². The van der Waals surface area contributed by atoms with Crippen molar-refractivity contribution in [2.45, 2.75) is 44.9 Å². The molecule has 26 heavy (non-hydrogen) atoms. The number of nitrogens with zero attached hydrogens (tertiary/aromatic N) is 2. The summed E-state index contributed by atoms with van der Waals surface area (Å²) >= 11 is 0. The Kier molecular flexibility index (Phi) is 5.37. The Balaban J connectivity index is 1.68. The van der Waals surface area contributed by atoms with Crippen molar-refractivity contribution in [2.75, 3.05) is 0 Å². The van der Waals surface area contributed by atoms with Crippen LogP contribution in [0.4, 0.5) is 0 Å². The Morgan fingerprint density at radius 2 is 2.19 bits per heavy atom. The van der Waals surface area contributed by atoms with E-state index in [0.29, 0.717) is 13.0 Å². The van der Waals surface area contributed by atoms with Crippen molar-refractivity contribution < 1.29 is 14.3 Å². The van der Waals surface area contributed by atoms with E-state index in [1.54, 1.807) is 13.0 Å². The Labute approximate surface area is 152 Å². The van der Waals surface area contributed by atoms with E-state index in [4.69, 9.17) is 10.00 Å². The molecule has 1 aromatic heterocycles. The Hall–Kier alpha value is -3.07. The second-order valence-electron chi connectivity index (χ2n) is 6.40. The van der Waals surface area contributed by atoms with Gasteiger partial charge in [-0.1, -0.05) is 18.2 Å². The third kappa shape index (κ3) is 4.31. The lowest BCUT2D eigenvalue weighted by atomic mass is 10.1. The first-order valence-corrected chi connectivity index (χ1v) is 8.72. The molecule has 0 aliphatic heterocycles. The van der Waals surface area contributed by atoms with Crippen LogP contribution in [0.15, 0.2) is 36.5 Å². The molecule has 1 fully saturated rings. The fourth-order valence-corrected chi connectivity index (χ4v) is 2.73. The maximum atomic E-state index is 12.0. The van der Waals surface area contributed by atoms with Gasteiger partial charge in [-0.2, -0.15) is 5.26 Å². The maximum absolute atomic E-state index is 12.0. The highest BCUT2D eigenvalue weighted by Gasteiger charge is 2.26. The molecule has 6 heteroatoms. The Morgan fingerprint density at radius 1 is 1.42 bits per heavy atom.